The molecule has 0 aromatic heterocycles. The van der Waals surface area contributed by atoms with Crippen molar-refractivity contribution < 1.29 is 9.63 Å². The average molecular weight is 230 g/mol. The summed E-state index contributed by atoms with van der Waals surface area (Å²) in [7, 11) is 0. The lowest BCUT2D eigenvalue weighted by Gasteiger charge is -1.98. The highest BCUT2D eigenvalue weighted by atomic mass is 79.9. The van der Waals surface area contributed by atoms with E-state index in [1.807, 2.05) is 0 Å². The van der Waals surface area contributed by atoms with Gasteiger partial charge in [0.05, 0.1) is 0 Å². The lowest BCUT2D eigenvalue weighted by Crippen LogP contribution is -2.12. The van der Waals surface area contributed by atoms with E-state index < -0.39 is 0 Å². The highest BCUT2D eigenvalue weighted by Gasteiger charge is 2.03. The number of carbonyl (C=O) groups excluding carboxylic acids is 1. The van der Waals surface area contributed by atoms with Gasteiger partial charge in [-0.25, -0.2) is 5.90 Å². The predicted molar refractivity (Wildman–Crippen MR) is 48.6 cm³/mol. The van der Waals surface area contributed by atoms with Crippen LogP contribution < -0.4 is 5.90 Å². The molecule has 0 radical (unpaired) electrons. The molecule has 12 heavy (non-hydrogen) atoms. The minimum absolute atomic E-state index is 0.0817. The van der Waals surface area contributed by atoms with E-state index in [1.54, 1.807) is 24.3 Å². The van der Waals surface area contributed by atoms with Crippen molar-refractivity contribution in [2.45, 2.75) is 0 Å². The number of rotatable bonds is 3. The van der Waals surface area contributed by atoms with E-state index >= 15 is 0 Å². The van der Waals surface area contributed by atoms with E-state index in [9.17, 15) is 4.79 Å². The second-order valence-corrected chi connectivity index (χ2v) is 3.16. The van der Waals surface area contributed by atoms with Crippen molar-refractivity contribution in [1.82, 2.24) is 0 Å². The van der Waals surface area contributed by atoms with Crippen LogP contribution in [-0.2, 0) is 4.84 Å². The molecule has 3 nitrogen and oxygen atoms in total. The molecule has 0 unspecified atom stereocenters. The van der Waals surface area contributed by atoms with Gasteiger partial charge in [0.15, 0.2) is 5.78 Å². The summed E-state index contributed by atoms with van der Waals surface area (Å²) in [5.41, 5.74) is 0.601. The lowest BCUT2D eigenvalue weighted by molar-refractivity contribution is 0.0763. The van der Waals surface area contributed by atoms with Crippen molar-refractivity contribution in [2.24, 2.45) is 5.90 Å². The van der Waals surface area contributed by atoms with Crippen LogP contribution in [0.3, 0.4) is 0 Å². The van der Waals surface area contributed by atoms with Crippen LogP contribution in [0.5, 0.6) is 0 Å². The zero-order valence-corrected chi connectivity index (χ0v) is 7.87. The van der Waals surface area contributed by atoms with E-state index in [0.29, 0.717) is 5.56 Å². The Labute approximate surface area is 78.6 Å². The Morgan fingerprint density at radius 1 is 1.42 bits per heavy atom. The van der Waals surface area contributed by atoms with Crippen LogP contribution in [0.4, 0.5) is 0 Å². The molecule has 0 amide bonds. The van der Waals surface area contributed by atoms with Gasteiger partial charge in [-0.15, -0.1) is 0 Å². The van der Waals surface area contributed by atoms with E-state index in [2.05, 4.69) is 20.8 Å². The molecular weight excluding hydrogens is 222 g/mol. The van der Waals surface area contributed by atoms with Gasteiger partial charge in [-0.2, -0.15) is 0 Å². The molecule has 64 valence electrons. The molecule has 0 aliphatic rings. The van der Waals surface area contributed by atoms with Crippen LogP contribution in [0.15, 0.2) is 28.7 Å². The van der Waals surface area contributed by atoms with Crippen molar-refractivity contribution in [3.05, 3.63) is 34.3 Å². The summed E-state index contributed by atoms with van der Waals surface area (Å²) in [6, 6.07) is 7.02. The molecule has 2 N–H and O–H groups in total. The van der Waals surface area contributed by atoms with Crippen molar-refractivity contribution in [3.63, 3.8) is 0 Å². The number of benzene rings is 1. The van der Waals surface area contributed by atoms with Crippen LogP contribution in [0.2, 0.25) is 0 Å². The van der Waals surface area contributed by atoms with Crippen LogP contribution >= 0.6 is 15.9 Å². The van der Waals surface area contributed by atoms with Gasteiger partial charge in [-0.1, -0.05) is 28.1 Å². The van der Waals surface area contributed by atoms with Crippen LogP contribution in [0, 0.1) is 0 Å². The molecule has 0 aliphatic carbocycles. The van der Waals surface area contributed by atoms with Gasteiger partial charge in [-0.05, 0) is 12.1 Å². The number of hydrogen-bond donors (Lipinski definition) is 1. The van der Waals surface area contributed by atoms with Crippen molar-refractivity contribution >= 4 is 21.7 Å². The summed E-state index contributed by atoms with van der Waals surface area (Å²) in [4.78, 5) is 15.4. The first-order valence-electron chi connectivity index (χ1n) is 3.34. The maximum atomic E-state index is 11.1. The van der Waals surface area contributed by atoms with Gasteiger partial charge in [-0.3, -0.25) is 9.63 Å². The van der Waals surface area contributed by atoms with Gasteiger partial charge in [0.2, 0.25) is 0 Å². The molecule has 1 aromatic carbocycles. The molecule has 0 spiro atoms. The summed E-state index contributed by atoms with van der Waals surface area (Å²) < 4.78 is 0.938. The normalized spacial score (nSPS) is 9.83. The van der Waals surface area contributed by atoms with Gasteiger partial charge in [0.1, 0.15) is 6.61 Å². The Balaban J connectivity index is 2.75. The van der Waals surface area contributed by atoms with E-state index in [4.69, 9.17) is 5.90 Å². The second kappa shape index (κ2) is 4.35. The molecule has 0 bridgehead atoms. The van der Waals surface area contributed by atoms with Gasteiger partial charge < -0.3 is 0 Å². The summed E-state index contributed by atoms with van der Waals surface area (Å²) in [6.45, 7) is -0.0817. The average Bonchev–Trinajstić information content (AvgIpc) is 2.06. The van der Waals surface area contributed by atoms with Gasteiger partial charge >= 0.3 is 0 Å². The first-order valence-corrected chi connectivity index (χ1v) is 4.14. The lowest BCUT2D eigenvalue weighted by atomic mass is 10.1. The van der Waals surface area contributed by atoms with Crippen molar-refractivity contribution in [3.8, 4) is 0 Å². The van der Waals surface area contributed by atoms with Crippen molar-refractivity contribution in [2.75, 3.05) is 6.61 Å². The molecule has 0 saturated heterocycles. The first kappa shape index (κ1) is 9.38. The zero-order valence-electron chi connectivity index (χ0n) is 6.29. The summed E-state index contributed by atoms with van der Waals surface area (Å²) >= 11 is 3.27. The number of nitrogens with two attached hydrogens (primary N) is 1. The maximum absolute atomic E-state index is 11.1. The standard InChI is InChI=1S/C8H8BrNO2/c9-7-3-1-6(2-4-7)8(11)5-12-10/h1-4H,5,10H2. The highest BCUT2D eigenvalue weighted by molar-refractivity contribution is 9.10. The Morgan fingerprint density at radius 3 is 2.50 bits per heavy atom. The first-order chi connectivity index (χ1) is 5.74. The monoisotopic (exact) mass is 229 g/mol. The third-order valence-corrected chi connectivity index (χ3v) is 1.91. The number of halogens is 1. The van der Waals surface area contributed by atoms with Crippen LogP contribution in [0.25, 0.3) is 0 Å². The molecule has 0 atom stereocenters. The number of Topliss-reactive ketones (excluding diaryl/α,β-unsaturated/α-hetero) is 1. The maximum Gasteiger partial charge on any atom is 0.190 e. The van der Waals surface area contributed by atoms with E-state index in [0.717, 1.165) is 4.47 Å². The molecule has 0 aliphatic heterocycles. The fourth-order valence-corrected chi connectivity index (χ4v) is 1.06. The molecule has 1 rings (SSSR count). The molecule has 4 heteroatoms. The van der Waals surface area contributed by atoms with Crippen molar-refractivity contribution in [1.29, 1.82) is 0 Å². The Kier molecular flexibility index (Phi) is 3.40. The topological polar surface area (TPSA) is 52.3 Å². The highest BCUT2D eigenvalue weighted by Crippen LogP contribution is 2.10. The zero-order chi connectivity index (χ0) is 8.97. The van der Waals surface area contributed by atoms with Gasteiger partial charge in [0, 0.05) is 10.0 Å². The van der Waals surface area contributed by atoms with Crippen LogP contribution in [0.1, 0.15) is 10.4 Å². The molecule has 1 aromatic rings. The SMILES string of the molecule is NOCC(=O)c1ccc(Br)cc1. The van der Waals surface area contributed by atoms with Gasteiger partial charge in [0.25, 0.3) is 0 Å². The third kappa shape index (κ3) is 2.41. The summed E-state index contributed by atoms with van der Waals surface area (Å²) in [5.74, 6) is 4.65. The molecule has 0 heterocycles. The largest absolute Gasteiger partial charge is 0.296 e. The smallest absolute Gasteiger partial charge is 0.190 e. The minimum Gasteiger partial charge on any atom is -0.296 e. The Hall–Kier alpha value is -0.710. The fourth-order valence-electron chi connectivity index (χ4n) is 0.795. The number of carbonyl (C=O) groups is 1. The Morgan fingerprint density at radius 2 is 2.00 bits per heavy atom. The number of ketones is 1. The fraction of sp³-hybridized carbons (Fsp3) is 0.125. The molecule has 0 saturated carbocycles. The predicted octanol–water partition coefficient (Wildman–Crippen LogP) is 1.52. The molecule has 0 fully saturated rings. The second-order valence-electron chi connectivity index (χ2n) is 2.24. The quantitative estimate of drug-likeness (QED) is 0.632. The number of hydrogen-bond acceptors (Lipinski definition) is 3. The third-order valence-electron chi connectivity index (χ3n) is 1.38. The Bertz CT molecular complexity index is 271. The van der Waals surface area contributed by atoms with Crippen LogP contribution in [-0.4, -0.2) is 12.4 Å². The van der Waals surface area contributed by atoms with E-state index in [-0.39, 0.29) is 12.4 Å². The summed E-state index contributed by atoms with van der Waals surface area (Å²) in [6.07, 6.45) is 0. The summed E-state index contributed by atoms with van der Waals surface area (Å²) in [5, 5.41) is 0. The van der Waals surface area contributed by atoms with E-state index in [1.165, 1.54) is 0 Å². The molecular formula is C8H8BrNO2. The minimum atomic E-state index is -0.120.